The van der Waals surface area contributed by atoms with Crippen LogP contribution in [0, 0.1) is 36.0 Å². The normalized spacial score (nSPS) is 15.8. The second-order valence-corrected chi connectivity index (χ2v) is 7.77. The van der Waals surface area contributed by atoms with Gasteiger partial charge in [0, 0.05) is 25.4 Å². The molecule has 0 spiro atoms. The highest BCUT2D eigenvalue weighted by Gasteiger charge is 2.34. The maximum Gasteiger partial charge on any atom is 0.218 e. The Kier molecular flexibility index (Phi) is 16.5. The average molecular weight is 346 g/mol. The lowest BCUT2D eigenvalue weighted by Crippen LogP contribution is -2.46. The van der Waals surface area contributed by atoms with Crippen LogP contribution in [0.3, 0.4) is 0 Å². The van der Waals surface area contributed by atoms with Crippen LogP contribution in [0.5, 0.6) is 0 Å². The number of nitrogens with one attached hydrogen (secondary N) is 1. The van der Waals surface area contributed by atoms with E-state index < -0.39 is 12.3 Å². The van der Waals surface area contributed by atoms with E-state index in [0.29, 0.717) is 6.42 Å². The van der Waals surface area contributed by atoms with Crippen LogP contribution in [0.4, 0.5) is 0 Å². The number of carbonyl (C=O) groups is 1. The number of amides is 1. The molecule has 0 aromatic carbocycles. The maximum absolute atomic E-state index is 11.0. The van der Waals surface area contributed by atoms with Crippen molar-refractivity contribution in [3.05, 3.63) is 0 Å². The smallest absolute Gasteiger partial charge is 0.218 e. The van der Waals surface area contributed by atoms with Gasteiger partial charge in [-0.05, 0) is 24.7 Å². The van der Waals surface area contributed by atoms with Crippen LogP contribution in [0.15, 0.2) is 0 Å². The Hall–Kier alpha value is -1.09. The van der Waals surface area contributed by atoms with Crippen LogP contribution in [0.25, 0.3) is 0 Å². The Bertz CT molecular complexity index is 329. The Morgan fingerprint density at radius 3 is 1.67 bits per heavy atom. The Morgan fingerprint density at radius 1 is 1.08 bits per heavy atom. The topological polar surface area (TPSA) is 89.8 Å². The number of hydrogen-bond acceptors (Lipinski definition) is 4. The van der Waals surface area contributed by atoms with Crippen LogP contribution < -0.4 is 5.32 Å². The summed E-state index contributed by atoms with van der Waals surface area (Å²) in [6.07, 6.45) is 6.82. The molecule has 0 radical (unpaired) electrons. The van der Waals surface area contributed by atoms with Crippen molar-refractivity contribution in [2.75, 3.05) is 6.61 Å². The Balaban J connectivity index is -0.000000636. The van der Waals surface area contributed by atoms with Crippen LogP contribution in [-0.4, -0.2) is 40.2 Å². The zero-order valence-corrected chi connectivity index (χ0v) is 16.7. The van der Waals surface area contributed by atoms with Crippen LogP contribution >= 0.6 is 0 Å². The molecule has 0 aliphatic rings. The van der Waals surface area contributed by atoms with Crippen molar-refractivity contribution in [3.63, 3.8) is 0 Å². The zero-order chi connectivity index (χ0) is 20.1. The second-order valence-electron chi connectivity index (χ2n) is 7.77. The number of rotatable bonds is 6. The number of aliphatic hydroxyl groups is 3. The lowest BCUT2D eigenvalue weighted by atomic mass is 9.74. The molecule has 0 fully saturated rings. The van der Waals surface area contributed by atoms with Crippen molar-refractivity contribution in [1.29, 1.82) is 0 Å². The quantitative estimate of drug-likeness (QED) is 0.439. The van der Waals surface area contributed by atoms with Gasteiger partial charge in [0.15, 0.2) is 0 Å². The van der Waals surface area contributed by atoms with E-state index in [1.54, 1.807) is 6.92 Å². The zero-order valence-electron chi connectivity index (χ0n) is 16.7. The first-order valence-corrected chi connectivity index (χ1v) is 8.40. The summed E-state index contributed by atoms with van der Waals surface area (Å²) in [5.41, 5.74) is -0.246. The largest absolute Gasteiger partial charge is 0.396 e. The highest BCUT2D eigenvalue weighted by atomic mass is 16.3. The predicted octanol–water partition coefficient (Wildman–Crippen LogP) is 2.39. The molecule has 5 heteroatoms. The van der Waals surface area contributed by atoms with E-state index in [4.69, 9.17) is 0 Å². The molecule has 0 saturated heterocycles. The number of terminal acetylenes is 1. The fourth-order valence-electron chi connectivity index (χ4n) is 2.02. The molecule has 1 amide bonds. The summed E-state index contributed by atoms with van der Waals surface area (Å²) in [7, 11) is 0. The van der Waals surface area contributed by atoms with Gasteiger partial charge < -0.3 is 20.6 Å². The van der Waals surface area contributed by atoms with Gasteiger partial charge in [-0.3, -0.25) is 4.79 Å². The first-order chi connectivity index (χ1) is 10.8. The van der Waals surface area contributed by atoms with E-state index in [1.165, 1.54) is 6.92 Å². The predicted molar refractivity (Wildman–Crippen MR) is 100 cm³/mol. The third kappa shape index (κ3) is 15.8. The summed E-state index contributed by atoms with van der Waals surface area (Å²) < 4.78 is 0. The van der Waals surface area contributed by atoms with Gasteiger partial charge in [-0.1, -0.05) is 41.5 Å². The summed E-state index contributed by atoms with van der Waals surface area (Å²) in [5.74, 6) is -0.0138. The molecule has 0 aliphatic carbocycles. The van der Waals surface area contributed by atoms with E-state index in [1.807, 2.05) is 20.8 Å². The van der Waals surface area contributed by atoms with Crippen molar-refractivity contribution in [1.82, 2.24) is 5.32 Å². The van der Waals surface area contributed by atoms with E-state index in [-0.39, 0.29) is 29.8 Å². The van der Waals surface area contributed by atoms with Crippen LogP contribution in [0.1, 0.15) is 61.8 Å². The lowest BCUT2D eigenvalue weighted by molar-refractivity contribution is -0.124. The Morgan fingerprint density at radius 2 is 1.46 bits per heavy atom. The van der Waals surface area contributed by atoms with Crippen molar-refractivity contribution in [2.45, 2.75) is 74.1 Å². The van der Waals surface area contributed by atoms with Gasteiger partial charge in [0.1, 0.15) is 6.23 Å². The van der Waals surface area contributed by atoms with Crippen molar-refractivity contribution < 1.29 is 20.1 Å². The van der Waals surface area contributed by atoms with Crippen molar-refractivity contribution in [2.24, 2.45) is 23.2 Å². The van der Waals surface area contributed by atoms with E-state index in [0.717, 1.165) is 5.92 Å². The molecule has 0 bridgehead atoms. The summed E-state index contributed by atoms with van der Waals surface area (Å²) in [6.45, 7) is 15.2. The van der Waals surface area contributed by atoms with E-state index >= 15 is 0 Å². The molecule has 0 saturated carbocycles. The summed E-state index contributed by atoms with van der Waals surface area (Å²) in [4.78, 5) is 11.0. The van der Waals surface area contributed by atoms with Crippen LogP contribution in [0.2, 0.25) is 0 Å². The maximum atomic E-state index is 11.0. The van der Waals surface area contributed by atoms with Gasteiger partial charge in [-0.15, -0.1) is 12.8 Å². The fraction of sp³-hybridized carbons (Fsp3) is 0.842. The first-order valence-electron chi connectivity index (χ1n) is 8.40. The second kappa shape index (κ2) is 14.3. The summed E-state index contributed by atoms with van der Waals surface area (Å²) in [6, 6.07) is 0. The monoisotopic (exact) mass is 345 g/mol. The molecule has 4 atom stereocenters. The molecule has 24 heavy (non-hydrogen) atoms. The summed E-state index contributed by atoms with van der Waals surface area (Å²) >= 11 is 0. The van der Waals surface area contributed by atoms with E-state index in [9.17, 15) is 20.1 Å². The SMILES string of the molecule is C#C.CC(=O)N[C@@H](O)C(CC(CO)[C@H](C)O)C(C)(C)C.CC(C)C. The molecule has 0 aliphatic heterocycles. The van der Waals surface area contributed by atoms with Gasteiger partial charge in [-0.25, -0.2) is 0 Å². The van der Waals surface area contributed by atoms with Gasteiger partial charge >= 0.3 is 0 Å². The number of carbonyl (C=O) groups excluding carboxylic acids is 1. The molecule has 0 heterocycles. The molecular formula is C19H39NO4. The molecule has 5 nitrogen and oxygen atoms in total. The lowest BCUT2D eigenvalue weighted by Gasteiger charge is -2.37. The number of aliphatic hydroxyl groups excluding tert-OH is 3. The van der Waals surface area contributed by atoms with Crippen LogP contribution in [-0.2, 0) is 4.79 Å². The van der Waals surface area contributed by atoms with Crippen molar-refractivity contribution in [3.8, 4) is 12.8 Å². The highest BCUT2D eigenvalue weighted by molar-refractivity contribution is 5.73. The van der Waals surface area contributed by atoms with Gasteiger partial charge in [0.05, 0.1) is 6.10 Å². The average Bonchev–Trinajstić information content (AvgIpc) is 2.38. The molecule has 0 rings (SSSR count). The standard InChI is InChI=1S/C13H27NO4.C4H10.C2H2/c1-8(16)10(7-15)6-11(13(3,4)5)12(18)14-9(2)17;1-4(2)3;1-2/h8,10-12,15-16,18H,6-7H2,1-5H3,(H,14,17);4H,1-3H3;1-2H/t8-,10?,11?,12-;;/m0../s1. The molecule has 0 aromatic rings. The Labute approximate surface area is 148 Å². The third-order valence-electron chi connectivity index (χ3n) is 3.32. The first kappa shape index (κ1) is 27.7. The highest BCUT2D eigenvalue weighted by Crippen LogP contribution is 2.34. The van der Waals surface area contributed by atoms with Gasteiger partial charge in [0.25, 0.3) is 0 Å². The van der Waals surface area contributed by atoms with Crippen molar-refractivity contribution >= 4 is 5.91 Å². The minimum atomic E-state index is -0.977. The summed E-state index contributed by atoms with van der Waals surface area (Å²) in [5, 5.41) is 31.3. The molecular weight excluding hydrogens is 306 g/mol. The molecule has 2 unspecified atom stereocenters. The molecule has 144 valence electrons. The van der Waals surface area contributed by atoms with Gasteiger partial charge in [0.2, 0.25) is 5.91 Å². The minimum absolute atomic E-state index is 0.142. The number of hydrogen-bond donors (Lipinski definition) is 4. The minimum Gasteiger partial charge on any atom is -0.396 e. The van der Waals surface area contributed by atoms with Gasteiger partial charge in [-0.2, -0.15) is 0 Å². The molecule has 4 N–H and O–H groups in total. The molecule has 0 aromatic heterocycles. The van der Waals surface area contributed by atoms with E-state index in [2.05, 4.69) is 38.9 Å². The third-order valence-corrected chi connectivity index (χ3v) is 3.32. The fourth-order valence-corrected chi connectivity index (χ4v) is 2.02.